The van der Waals surface area contributed by atoms with Gasteiger partial charge in [0.2, 0.25) is 5.91 Å². The highest BCUT2D eigenvalue weighted by Gasteiger charge is 1.98. The maximum absolute atomic E-state index is 11.0. The van der Waals surface area contributed by atoms with Gasteiger partial charge in [-0.2, -0.15) is 0 Å². The molecule has 0 aliphatic rings. The van der Waals surface area contributed by atoms with Crippen LogP contribution in [-0.4, -0.2) is 17.4 Å². The Morgan fingerprint density at radius 2 is 2.38 bits per heavy atom. The summed E-state index contributed by atoms with van der Waals surface area (Å²) in [7, 11) is 0. The van der Waals surface area contributed by atoms with Crippen molar-refractivity contribution in [1.29, 1.82) is 0 Å². The van der Waals surface area contributed by atoms with Crippen molar-refractivity contribution >= 4 is 35.6 Å². The standard InChI is InChI=1S/C8H11N3O.HI/c9-4-3-8(12)11-7-2-1-5-10-6-7;/h1-2,5-6H,3-4,9H2,(H,11,12);1H. The molecule has 0 radical (unpaired) electrons. The first-order valence-electron chi connectivity index (χ1n) is 3.73. The van der Waals surface area contributed by atoms with Crippen molar-refractivity contribution in [2.45, 2.75) is 6.42 Å². The number of nitrogens with one attached hydrogen (secondary N) is 1. The molecule has 72 valence electrons. The Kier molecular flexibility index (Phi) is 6.43. The number of nitrogens with two attached hydrogens (primary N) is 1. The van der Waals surface area contributed by atoms with Crippen LogP contribution in [0.15, 0.2) is 24.5 Å². The highest BCUT2D eigenvalue weighted by Crippen LogP contribution is 2.02. The number of pyridine rings is 1. The van der Waals surface area contributed by atoms with E-state index in [1.165, 1.54) is 0 Å². The van der Waals surface area contributed by atoms with Crippen LogP contribution < -0.4 is 11.1 Å². The van der Waals surface area contributed by atoms with E-state index >= 15 is 0 Å². The summed E-state index contributed by atoms with van der Waals surface area (Å²) in [6.45, 7) is 0.367. The highest BCUT2D eigenvalue weighted by atomic mass is 127. The first-order chi connectivity index (χ1) is 5.83. The molecule has 0 unspecified atom stereocenters. The molecule has 0 saturated carbocycles. The van der Waals surface area contributed by atoms with Gasteiger partial charge in [-0.3, -0.25) is 9.78 Å². The predicted octanol–water partition coefficient (Wildman–Crippen LogP) is 0.987. The number of carbonyl (C=O) groups is 1. The van der Waals surface area contributed by atoms with E-state index in [0.29, 0.717) is 18.7 Å². The van der Waals surface area contributed by atoms with Crippen molar-refractivity contribution in [3.8, 4) is 0 Å². The number of halogens is 1. The van der Waals surface area contributed by atoms with Crippen LogP contribution in [0.1, 0.15) is 6.42 Å². The average Bonchev–Trinajstić information content (AvgIpc) is 2.06. The zero-order valence-corrected chi connectivity index (χ0v) is 9.40. The van der Waals surface area contributed by atoms with Gasteiger partial charge in [-0.05, 0) is 12.1 Å². The lowest BCUT2D eigenvalue weighted by Crippen LogP contribution is -2.16. The Morgan fingerprint density at radius 3 is 2.92 bits per heavy atom. The van der Waals surface area contributed by atoms with Gasteiger partial charge in [0.05, 0.1) is 11.9 Å². The summed E-state index contributed by atoms with van der Waals surface area (Å²) < 4.78 is 0. The molecule has 0 atom stereocenters. The second kappa shape index (κ2) is 6.79. The lowest BCUT2D eigenvalue weighted by Gasteiger charge is -2.01. The van der Waals surface area contributed by atoms with Crippen LogP contribution in [0.3, 0.4) is 0 Å². The minimum absolute atomic E-state index is 0. The van der Waals surface area contributed by atoms with Crippen LogP contribution in [0.25, 0.3) is 0 Å². The van der Waals surface area contributed by atoms with E-state index in [9.17, 15) is 4.79 Å². The average molecular weight is 293 g/mol. The molecule has 3 N–H and O–H groups in total. The zero-order chi connectivity index (χ0) is 8.81. The van der Waals surface area contributed by atoms with Crippen molar-refractivity contribution in [1.82, 2.24) is 4.98 Å². The largest absolute Gasteiger partial charge is 0.330 e. The monoisotopic (exact) mass is 293 g/mol. The molecule has 4 nitrogen and oxygen atoms in total. The molecule has 13 heavy (non-hydrogen) atoms. The molecule has 0 aliphatic carbocycles. The normalized spacial score (nSPS) is 8.69. The smallest absolute Gasteiger partial charge is 0.225 e. The van der Waals surface area contributed by atoms with Crippen LogP contribution in [0.4, 0.5) is 5.69 Å². The van der Waals surface area contributed by atoms with Crippen LogP contribution in [0, 0.1) is 0 Å². The van der Waals surface area contributed by atoms with Crippen LogP contribution in [-0.2, 0) is 4.79 Å². The molecule has 1 heterocycles. The number of anilines is 1. The molecule has 0 bridgehead atoms. The van der Waals surface area contributed by atoms with Gasteiger partial charge in [0.25, 0.3) is 0 Å². The minimum Gasteiger partial charge on any atom is -0.330 e. The first kappa shape index (κ1) is 12.3. The topological polar surface area (TPSA) is 68.0 Å². The third kappa shape index (κ3) is 4.79. The Labute approximate surface area is 93.9 Å². The van der Waals surface area contributed by atoms with E-state index < -0.39 is 0 Å². The van der Waals surface area contributed by atoms with E-state index in [1.807, 2.05) is 0 Å². The van der Waals surface area contributed by atoms with E-state index in [-0.39, 0.29) is 29.9 Å². The third-order valence-electron chi connectivity index (χ3n) is 1.32. The Balaban J connectivity index is 0.00000144. The summed E-state index contributed by atoms with van der Waals surface area (Å²) in [5, 5.41) is 2.66. The van der Waals surface area contributed by atoms with E-state index in [1.54, 1.807) is 24.5 Å². The lowest BCUT2D eigenvalue weighted by molar-refractivity contribution is -0.116. The number of hydrogen-bond donors (Lipinski definition) is 2. The van der Waals surface area contributed by atoms with Gasteiger partial charge in [-0.15, -0.1) is 24.0 Å². The molecule has 5 heteroatoms. The molecular weight excluding hydrogens is 281 g/mol. The Hall–Kier alpha value is -0.690. The molecule has 1 amide bonds. The summed E-state index contributed by atoms with van der Waals surface area (Å²) in [5.74, 6) is -0.0782. The first-order valence-corrected chi connectivity index (χ1v) is 3.73. The van der Waals surface area contributed by atoms with Gasteiger partial charge in [0.1, 0.15) is 0 Å². The van der Waals surface area contributed by atoms with Crippen LogP contribution in [0.5, 0.6) is 0 Å². The predicted molar refractivity (Wildman–Crippen MR) is 62.0 cm³/mol. The second-order valence-corrected chi connectivity index (χ2v) is 2.33. The Morgan fingerprint density at radius 1 is 1.62 bits per heavy atom. The number of rotatable bonds is 3. The van der Waals surface area contributed by atoms with Crippen LogP contribution >= 0.6 is 24.0 Å². The van der Waals surface area contributed by atoms with Crippen LogP contribution in [0.2, 0.25) is 0 Å². The second-order valence-electron chi connectivity index (χ2n) is 2.33. The number of nitrogens with zero attached hydrogens (tertiary/aromatic N) is 1. The number of aromatic nitrogens is 1. The Bertz CT molecular complexity index is 253. The molecule has 0 aromatic carbocycles. The molecule has 0 aliphatic heterocycles. The minimum atomic E-state index is -0.0782. The lowest BCUT2D eigenvalue weighted by atomic mass is 10.3. The summed E-state index contributed by atoms with van der Waals surface area (Å²) in [6.07, 6.45) is 3.59. The SMILES string of the molecule is I.NCCC(=O)Nc1cccnc1. The van der Waals surface area contributed by atoms with Crippen molar-refractivity contribution in [3.63, 3.8) is 0 Å². The summed E-state index contributed by atoms with van der Waals surface area (Å²) >= 11 is 0. The van der Waals surface area contributed by atoms with Crippen molar-refractivity contribution in [2.24, 2.45) is 5.73 Å². The zero-order valence-electron chi connectivity index (χ0n) is 7.06. The number of amides is 1. The fourth-order valence-corrected chi connectivity index (χ4v) is 0.791. The molecule has 1 aromatic heterocycles. The maximum atomic E-state index is 11.0. The third-order valence-corrected chi connectivity index (χ3v) is 1.32. The van der Waals surface area contributed by atoms with Gasteiger partial charge in [-0.25, -0.2) is 0 Å². The summed E-state index contributed by atoms with van der Waals surface area (Å²) in [5.41, 5.74) is 5.91. The molecule has 0 fully saturated rings. The van der Waals surface area contributed by atoms with E-state index in [2.05, 4.69) is 10.3 Å². The van der Waals surface area contributed by atoms with Gasteiger partial charge >= 0.3 is 0 Å². The molecule has 1 rings (SSSR count). The number of carbonyl (C=O) groups excluding carboxylic acids is 1. The molecule has 0 saturated heterocycles. The van der Waals surface area contributed by atoms with Crippen molar-refractivity contribution in [2.75, 3.05) is 11.9 Å². The highest BCUT2D eigenvalue weighted by molar-refractivity contribution is 14.0. The molecular formula is C8H12IN3O. The van der Waals surface area contributed by atoms with Gasteiger partial charge in [-0.1, -0.05) is 0 Å². The molecule has 0 spiro atoms. The van der Waals surface area contributed by atoms with Crippen molar-refractivity contribution < 1.29 is 4.79 Å². The fraction of sp³-hybridized carbons (Fsp3) is 0.250. The van der Waals surface area contributed by atoms with E-state index in [4.69, 9.17) is 5.73 Å². The molecule has 1 aromatic rings. The number of hydrogen-bond acceptors (Lipinski definition) is 3. The van der Waals surface area contributed by atoms with Gasteiger partial charge in [0.15, 0.2) is 0 Å². The van der Waals surface area contributed by atoms with Crippen molar-refractivity contribution in [3.05, 3.63) is 24.5 Å². The van der Waals surface area contributed by atoms with Gasteiger partial charge in [0, 0.05) is 19.2 Å². The fourth-order valence-electron chi connectivity index (χ4n) is 0.791. The van der Waals surface area contributed by atoms with E-state index in [0.717, 1.165) is 0 Å². The quantitative estimate of drug-likeness (QED) is 0.817. The van der Waals surface area contributed by atoms with Gasteiger partial charge < -0.3 is 11.1 Å². The summed E-state index contributed by atoms with van der Waals surface area (Å²) in [4.78, 5) is 14.8. The maximum Gasteiger partial charge on any atom is 0.225 e. The summed E-state index contributed by atoms with van der Waals surface area (Å²) in [6, 6.07) is 3.54.